The number of nitrogens with one attached hydrogen (secondary N) is 1. The normalized spacial score (nSPS) is 12.4. The highest BCUT2D eigenvalue weighted by Gasteiger charge is 2.11. The van der Waals surface area contributed by atoms with Gasteiger partial charge in [0.2, 0.25) is 0 Å². The van der Waals surface area contributed by atoms with Crippen molar-refractivity contribution in [2.75, 3.05) is 5.75 Å². The average Bonchev–Trinajstić information content (AvgIpc) is 2.43. The molecule has 0 aliphatic carbocycles. The Bertz CT molecular complexity index is 592. The fourth-order valence-electron chi connectivity index (χ4n) is 1.80. The Morgan fingerprint density at radius 3 is 2.75 bits per heavy atom. The number of hydrogen-bond donors (Lipinski definition) is 2. The highest BCUT2D eigenvalue weighted by molar-refractivity contribution is 7.99. The molecule has 2 rings (SSSR count). The van der Waals surface area contributed by atoms with Gasteiger partial charge in [-0.25, -0.2) is 4.39 Å². The Hall–Kier alpha value is -1.07. The summed E-state index contributed by atoms with van der Waals surface area (Å²) in [6, 6.07) is 12.4. The SMILES string of the molecule is Cc1ccc(C(CSc2cccc(F)c2)NN)cc1Cl. The van der Waals surface area contributed by atoms with Crippen LogP contribution in [0.25, 0.3) is 0 Å². The Labute approximate surface area is 127 Å². The van der Waals surface area contributed by atoms with Gasteiger partial charge in [0.25, 0.3) is 0 Å². The van der Waals surface area contributed by atoms with Gasteiger partial charge in [-0.2, -0.15) is 0 Å². The van der Waals surface area contributed by atoms with Crippen molar-refractivity contribution in [3.8, 4) is 0 Å². The van der Waals surface area contributed by atoms with E-state index < -0.39 is 0 Å². The summed E-state index contributed by atoms with van der Waals surface area (Å²) in [7, 11) is 0. The molecule has 0 aliphatic rings. The number of halogens is 2. The molecule has 0 fully saturated rings. The van der Waals surface area contributed by atoms with Crippen molar-refractivity contribution in [3.63, 3.8) is 0 Å². The maximum absolute atomic E-state index is 13.1. The maximum atomic E-state index is 13.1. The second kappa shape index (κ2) is 7.09. The molecule has 0 saturated heterocycles. The Morgan fingerprint density at radius 2 is 2.10 bits per heavy atom. The van der Waals surface area contributed by atoms with Crippen molar-refractivity contribution in [3.05, 3.63) is 64.4 Å². The first-order chi connectivity index (χ1) is 9.60. The molecular formula is C15H16ClFN2S. The van der Waals surface area contributed by atoms with E-state index >= 15 is 0 Å². The summed E-state index contributed by atoms with van der Waals surface area (Å²) >= 11 is 7.67. The zero-order valence-corrected chi connectivity index (χ0v) is 12.6. The zero-order chi connectivity index (χ0) is 14.5. The monoisotopic (exact) mass is 310 g/mol. The minimum Gasteiger partial charge on any atom is -0.271 e. The van der Waals surface area contributed by atoms with Gasteiger partial charge < -0.3 is 0 Å². The molecule has 1 atom stereocenters. The molecule has 20 heavy (non-hydrogen) atoms. The molecule has 106 valence electrons. The molecule has 3 N–H and O–H groups in total. The van der Waals surface area contributed by atoms with Crippen LogP contribution in [0.4, 0.5) is 4.39 Å². The molecule has 0 saturated carbocycles. The molecule has 0 heterocycles. The van der Waals surface area contributed by atoms with E-state index in [1.807, 2.05) is 31.2 Å². The third kappa shape index (κ3) is 3.96. The number of thioether (sulfide) groups is 1. The quantitative estimate of drug-likeness (QED) is 0.496. The van der Waals surface area contributed by atoms with Crippen LogP contribution < -0.4 is 11.3 Å². The van der Waals surface area contributed by atoms with Gasteiger partial charge in [0.15, 0.2) is 0 Å². The van der Waals surface area contributed by atoms with Crippen LogP contribution in [-0.4, -0.2) is 5.75 Å². The number of rotatable bonds is 5. The van der Waals surface area contributed by atoms with E-state index in [-0.39, 0.29) is 11.9 Å². The molecule has 0 bridgehead atoms. The molecule has 0 aliphatic heterocycles. The highest BCUT2D eigenvalue weighted by atomic mass is 35.5. The lowest BCUT2D eigenvalue weighted by atomic mass is 10.1. The molecular weight excluding hydrogens is 295 g/mol. The molecule has 0 spiro atoms. The Kier molecular flexibility index (Phi) is 5.43. The van der Waals surface area contributed by atoms with Crippen LogP contribution in [0.2, 0.25) is 5.02 Å². The minimum absolute atomic E-state index is 0.0404. The van der Waals surface area contributed by atoms with Crippen LogP contribution in [0.1, 0.15) is 17.2 Å². The summed E-state index contributed by atoms with van der Waals surface area (Å²) in [5, 5.41) is 0.721. The van der Waals surface area contributed by atoms with E-state index in [2.05, 4.69) is 5.43 Å². The van der Waals surface area contributed by atoms with Crippen molar-refractivity contribution in [2.45, 2.75) is 17.9 Å². The first-order valence-corrected chi connectivity index (χ1v) is 7.57. The largest absolute Gasteiger partial charge is 0.271 e. The summed E-state index contributed by atoms with van der Waals surface area (Å²) in [5.74, 6) is 6.07. The third-order valence-electron chi connectivity index (χ3n) is 3.01. The molecule has 5 heteroatoms. The van der Waals surface area contributed by atoms with Crippen molar-refractivity contribution in [2.24, 2.45) is 5.84 Å². The Balaban J connectivity index is 2.07. The van der Waals surface area contributed by atoms with Crippen LogP contribution >= 0.6 is 23.4 Å². The van der Waals surface area contributed by atoms with Crippen LogP contribution in [-0.2, 0) is 0 Å². The number of benzene rings is 2. The predicted octanol–water partition coefficient (Wildman–Crippen LogP) is 4.08. The summed E-state index contributed by atoms with van der Waals surface area (Å²) in [6.45, 7) is 1.96. The van der Waals surface area contributed by atoms with Gasteiger partial charge >= 0.3 is 0 Å². The fourth-order valence-corrected chi connectivity index (χ4v) is 3.01. The van der Waals surface area contributed by atoms with Crippen molar-refractivity contribution >= 4 is 23.4 Å². The predicted molar refractivity (Wildman–Crippen MR) is 83.4 cm³/mol. The van der Waals surface area contributed by atoms with Crippen molar-refractivity contribution in [1.29, 1.82) is 0 Å². The third-order valence-corrected chi connectivity index (χ3v) is 4.51. The lowest BCUT2D eigenvalue weighted by molar-refractivity contribution is 0.610. The van der Waals surface area contributed by atoms with E-state index in [4.69, 9.17) is 17.4 Å². The molecule has 0 amide bonds. The van der Waals surface area contributed by atoms with E-state index in [0.717, 1.165) is 21.0 Å². The second-order valence-corrected chi connectivity index (χ2v) is 6.00. The smallest absolute Gasteiger partial charge is 0.124 e. The van der Waals surface area contributed by atoms with Gasteiger partial charge in [-0.3, -0.25) is 11.3 Å². The van der Waals surface area contributed by atoms with Crippen LogP contribution in [0.15, 0.2) is 47.4 Å². The summed E-state index contributed by atoms with van der Waals surface area (Å²) in [5.41, 5.74) is 4.83. The summed E-state index contributed by atoms with van der Waals surface area (Å²) in [4.78, 5) is 0.878. The number of hydrogen-bond acceptors (Lipinski definition) is 3. The zero-order valence-electron chi connectivity index (χ0n) is 11.1. The minimum atomic E-state index is -0.231. The molecule has 2 nitrogen and oxygen atoms in total. The molecule has 1 unspecified atom stereocenters. The molecule has 0 aromatic heterocycles. The number of nitrogens with two attached hydrogens (primary N) is 1. The molecule has 0 radical (unpaired) electrons. The summed E-state index contributed by atoms with van der Waals surface area (Å²) < 4.78 is 13.1. The van der Waals surface area contributed by atoms with Crippen LogP contribution in [0.5, 0.6) is 0 Å². The van der Waals surface area contributed by atoms with Gasteiger partial charge in [0.05, 0.1) is 6.04 Å². The van der Waals surface area contributed by atoms with Gasteiger partial charge in [0, 0.05) is 15.7 Å². The van der Waals surface area contributed by atoms with Crippen molar-refractivity contribution in [1.82, 2.24) is 5.43 Å². The standard InChI is InChI=1S/C15H16ClFN2S/c1-10-5-6-11(7-14(10)16)15(19-18)9-20-13-4-2-3-12(17)8-13/h2-8,15,19H,9,18H2,1H3. The first kappa shape index (κ1) is 15.3. The van der Waals surface area contributed by atoms with Gasteiger partial charge in [-0.05, 0) is 42.3 Å². The topological polar surface area (TPSA) is 38.0 Å². The van der Waals surface area contributed by atoms with E-state index in [1.54, 1.807) is 17.8 Å². The van der Waals surface area contributed by atoms with E-state index in [9.17, 15) is 4.39 Å². The second-order valence-electron chi connectivity index (χ2n) is 4.50. The molecule has 2 aromatic carbocycles. The first-order valence-electron chi connectivity index (χ1n) is 6.20. The number of aryl methyl sites for hydroxylation is 1. The van der Waals surface area contributed by atoms with Crippen LogP contribution in [0.3, 0.4) is 0 Å². The fraction of sp³-hybridized carbons (Fsp3) is 0.200. The van der Waals surface area contributed by atoms with Gasteiger partial charge in [0.1, 0.15) is 5.82 Å². The Morgan fingerprint density at radius 1 is 1.30 bits per heavy atom. The van der Waals surface area contributed by atoms with E-state index in [0.29, 0.717) is 5.75 Å². The summed E-state index contributed by atoms with van der Waals surface area (Å²) in [6.07, 6.45) is 0. The average molecular weight is 311 g/mol. The highest BCUT2D eigenvalue weighted by Crippen LogP contribution is 2.27. The van der Waals surface area contributed by atoms with Gasteiger partial charge in [-0.1, -0.05) is 29.8 Å². The lowest BCUT2D eigenvalue weighted by Crippen LogP contribution is -2.29. The maximum Gasteiger partial charge on any atom is 0.124 e. The molecule has 2 aromatic rings. The van der Waals surface area contributed by atoms with Crippen LogP contribution in [0, 0.1) is 12.7 Å². The van der Waals surface area contributed by atoms with E-state index in [1.165, 1.54) is 12.1 Å². The lowest BCUT2D eigenvalue weighted by Gasteiger charge is -2.17. The van der Waals surface area contributed by atoms with Gasteiger partial charge in [-0.15, -0.1) is 11.8 Å². The number of hydrazine groups is 1. The van der Waals surface area contributed by atoms with Crippen molar-refractivity contribution < 1.29 is 4.39 Å².